The van der Waals surface area contributed by atoms with Crippen LogP contribution in [-0.4, -0.2) is 52.2 Å². The van der Waals surface area contributed by atoms with E-state index in [1.54, 1.807) is 6.07 Å². The van der Waals surface area contributed by atoms with Crippen LogP contribution in [-0.2, 0) is 9.79 Å². The molecule has 1 aromatic heterocycles. The van der Waals surface area contributed by atoms with Gasteiger partial charge in [-0.1, -0.05) is 11.6 Å². The van der Waals surface area contributed by atoms with Gasteiger partial charge in [-0.25, -0.2) is 9.78 Å². The van der Waals surface area contributed by atoms with Crippen LogP contribution in [0.3, 0.4) is 0 Å². The molecule has 0 aliphatic heterocycles. The number of carboxylic acid groups (broad SMARTS) is 1. The number of likely N-dealkylation sites (N-methyl/N-ethyl adjacent to an activating group) is 1. The Kier molecular flexibility index (Phi) is 5.29. The molecule has 0 aliphatic carbocycles. The summed E-state index contributed by atoms with van der Waals surface area (Å²) in [5.41, 5.74) is 4.76. The van der Waals surface area contributed by atoms with E-state index >= 15 is 0 Å². The third kappa shape index (κ3) is 3.25. The van der Waals surface area contributed by atoms with Crippen LogP contribution in [0.25, 0.3) is 10.8 Å². The summed E-state index contributed by atoms with van der Waals surface area (Å²) < 4.78 is 5.63. The highest BCUT2D eigenvalue weighted by Crippen LogP contribution is 2.40. The van der Waals surface area contributed by atoms with E-state index in [4.69, 9.17) is 22.1 Å². The second-order valence-electron chi connectivity index (χ2n) is 6.22. The average molecular weight is 382 g/mol. The zero-order valence-corrected chi connectivity index (χ0v) is 15.5. The van der Waals surface area contributed by atoms with Crippen molar-refractivity contribution in [2.24, 2.45) is 5.73 Å². The number of ether oxygens (including phenoxy) is 1. The van der Waals surface area contributed by atoms with E-state index in [0.717, 1.165) is 0 Å². The van der Waals surface area contributed by atoms with Crippen molar-refractivity contribution in [3.63, 3.8) is 0 Å². The summed E-state index contributed by atoms with van der Waals surface area (Å²) in [5.74, 6) is -2.49. The Bertz CT molecular complexity index is 884. The van der Waals surface area contributed by atoms with Crippen molar-refractivity contribution in [2.75, 3.05) is 14.1 Å². The number of carbonyl (C=O) groups is 2. The van der Waals surface area contributed by atoms with Crippen molar-refractivity contribution in [2.45, 2.75) is 24.9 Å². The molecular weight excluding hydrogens is 362 g/mol. The Hall–Kier alpha value is -2.58. The molecule has 8 nitrogen and oxygen atoms in total. The van der Waals surface area contributed by atoms with Gasteiger partial charge >= 0.3 is 5.97 Å². The fourth-order valence-corrected chi connectivity index (χ4v) is 2.72. The van der Waals surface area contributed by atoms with Gasteiger partial charge in [0.2, 0.25) is 5.00 Å². The van der Waals surface area contributed by atoms with Crippen LogP contribution in [0.15, 0.2) is 18.2 Å². The maximum Gasteiger partial charge on any atom is 0.358 e. The normalized spacial score (nSPS) is 13.8. The van der Waals surface area contributed by atoms with Crippen LogP contribution in [0.5, 0.6) is 11.5 Å². The number of fused-ring (bicyclic) bond motifs is 1. The van der Waals surface area contributed by atoms with Gasteiger partial charge in [0.1, 0.15) is 5.75 Å². The number of carboxylic acids is 1. The summed E-state index contributed by atoms with van der Waals surface area (Å²) in [7, 11) is 3.01. The summed E-state index contributed by atoms with van der Waals surface area (Å²) in [4.78, 5) is 26.9. The summed E-state index contributed by atoms with van der Waals surface area (Å²) in [5, 5.41) is 20.1. The fourth-order valence-electron chi connectivity index (χ4n) is 2.57. The maximum atomic E-state index is 12.1. The minimum atomic E-state index is -1.92. The van der Waals surface area contributed by atoms with E-state index in [9.17, 15) is 19.8 Å². The van der Waals surface area contributed by atoms with Crippen LogP contribution < -0.4 is 10.5 Å². The number of rotatable bonds is 6. The van der Waals surface area contributed by atoms with Gasteiger partial charge in [0.05, 0.1) is 11.8 Å². The smallest absolute Gasteiger partial charge is 0.358 e. The lowest BCUT2D eigenvalue weighted by Crippen LogP contribution is -2.48. The lowest BCUT2D eigenvalue weighted by atomic mass is 10.0. The monoisotopic (exact) mass is 381 g/mol. The van der Waals surface area contributed by atoms with Crippen molar-refractivity contribution in [3.05, 3.63) is 29.6 Å². The number of hydrogen-bond donors (Lipinski definition) is 3. The Balaban J connectivity index is 2.94. The fraction of sp³-hybridized carbons (Fsp3) is 0.353. The molecule has 1 amide bonds. The molecule has 0 spiro atoms. The molecule has 0 saturated heterocycles. The number of amides is 1. The first kappa shape index (κ1) is 19.7. The number of halogens is 1. The quantitative estimate of drug-likeness (QED) is 0.515. The second kappa shape index (κ2) is 6.97. The molecule has 0 saturated carbocycles. The van der Waals surface area contributed by atoms with Gasteiger partial charge in [0, 0.05) is 10.8 Å². The highest BCUT2D eigenvalue weighted by Gasteiger charge is 2.43. The highest BCUT2D eigenvalue weighted by atomic mass is 35.5. The van der Waals surface area contributed by atoms with E-state index in [0.29, 0.717) is 5.75 Å². The van der Waals surface area contributed by atoms with Gasteiger partial charge in [-0.15, -0.1) is 0 Å². The Morgan fingerprint density at radius 1 is 1.31 bits per heavy atom. The Labute approximate surface area is 155 Å². The Morgan fingerprint density at radius 3 is 2.38 bits per heavy atom. The van der Waals surface area contributed by atoms with Crippen molar-refractivity contribution in [3.8, 4) is 11.5 Å². The number of alkyl halides is 1. The number of primary amides is 1. The first-order chi connectivity index (χ1) is 12.0. The predicted octanol–water partition coefficient (Wildman–Crippen LogP) is 1.86. The molecule has 2 aromatic rings. The van der Waals surface area contributed by atoms with Crippen LogP contribution in [0.1, 0.15) is 30.0 Å². The lowest BCUT2D eigenvalue weighted by molar-refractivity contribution is -0.124. The summed E-state index contributed by atoms with van der Waals surface area (Å²) >= 11 is 6.47. The van der Waals surface area contributed by atoms with Gasteiger partial charge in [0.15, 0.2) is 11.4 Å². The standard InChI is InChI=1S/C17H20ClN3O5/c1-8(2)26-9-5-6-10-11(7-9)14(17(18,16(19)25)21(3)4)20-12(13(10)22)15(23)24/h5-8,22H,1-4H3,(H2,19,25)(H,23,24). The molecule has 0 fully saturated rings. The van der Waals surface area contributed by atoms with E-state index in [1.165, 1.54) is 31.1 Å². The molecule has 9 heteroatoms. The van der Waals surface area contributed by atoms with E-state index in [2.05, 4.69) is 4.98 Å². The molecule has 0 radical (unpaired) electrons. The van der Waals surface area contributed by atoms with Gasteiger partial charge < -0.3 is 20.7 Å². The van der Waals surface area contributed by atoms with Gasteiger partial charge in [0.25, 0.3) is 5.91 Å². The van der Waals surface area contributed by atoms with Crippen molar-refractivity contribution >= 4 is 34.2 Å². The number of hydrogen-bond acceptors (Lipinski definition) is 6. The molecule has 1 aromatic carbocycles. The SMILES string of the molecule is CC(C)Oc1ccc2c(O)c(C(=O)O)nc(C(Cl)(C(N)=O)N(C)C)c2c1. The third-order valence-electron chi connectivity index (χ3n) is 3.78. The largest absolute Gasteiger partial charge is 0.505 e. The van der Waals surface area contributed by atoms with Crippen molar-refractivity contribution < 1.29 is 24.5 Å². The minimum Gasteiger partial charge on any atom is -0.505 e. The van der Waals surface area contributed by atoms with Crippen LogP contribution in [0.2, 0.25) is 0 Å². The van der Waals surface area contributed by atoms with Crippen LogP contribution in [0.4, 0.5) is 0 Å². The number of pyridine rings is 1. The van der Waals surface area contributed by atoms with Gasteiger partial charge in [-0.05, 0) is 46.1 Å². The second-order valence-corrected chi connectivity index (χ2v) is 6.76. The number of benzene rings is 1. The number of carbonyl (C=O) groups excluding carboxylic acids is 1. The third-order valence-corrected chi connectivity index (χ3v) is 4.48. The molecule has 1 unspecified atom stereocenters. The first-order valence-electron chi connectivity index (χ1n) is 7.73. The molecular formula is C17H20ClN3O5. The maximum absolute atomic E-state index is 12.1. The van der Waals surface area contributed by atoms with Gasteiger partial charge in [-0.2, -0.15) is 0 Å². The number of aromatic carboxylic acids is 1. The number of aromatic hydroxyl groups is 1. The topological polar surface area (TPSA) is 126 Å². The number of nitrogens with two attached hydrogens (primary N) is 1. The average Bonchev–Trinajstić information content (AvgIpc) is 2.53. The van der Waals surface area contributed by atoms with Crippen molar-refractivity contribution in [1.82, 2.24) is 9.88 Å². The summed E-state index contributed by atoms with van der Waals surface area (Å²) in [6, 6.07) is 4.59. The highest BCUT2D eigenvalue weighted by molar-refractivity contribution is 6.35. The molecule has 1 heterocycles. The molecule has 2 rings (SSSR count). The van der Waals surface area contributed by atoms with Crippen LogP contribution in [0, 0.1) is 0 Å². The molecule has 26 heavy (non-hydrogen) atoms. The van der Waals surface area contributed by atoms with Crippen molar-refractivity contribution in [1.29, 1.82) is 0 Å². The lowest BCUT2D eigenvalue weighted by Gasteiger charge is -2.31. The van der Waals surface area contributed by atoms with E-state index in [-0.39, 0.29) is 22.6 Å². The van der Waals surface area contributed by atoms with E-state index in [1.807, 2.05) is 13.8 Å². The summed E-state index contributed by atoms with van der Waals surface area (Å²) in [6.07, 6.45) is -0.124. The molecule has 0 bridgehead atoms. The predicted molar refractivity (Wildman–Crippen MR) is 96.5 cm³/mol. The minimum absolute atomic E-state index is 0.101. The zero-order valence-electron chi connectivity index (χ0n) is 14.8. The molecule has 4 N–H and O–H groups in total. The van der Waals surface area contributed by atoms with Gasteiger partial charge in [-0.3, -0.25) is 9.69 Å². The van der Waals surface area contributed by atoms with Crippen LogP contribution >= 0.6 is 11.6 Å². The van der Waals surface area contributed by atoms with E-state index < -0.39 is 28.3 Å². The molecule has 0 aliphatic rings. The number of nitrogens with zero attached hydrogens (tertiary/aromatic N) is 2. The Morgan fingerprint density at radius 2 is 1.92 bits per heavy atom. The number of aromatic nitrogens is 1. The summed E-state index contributed by atoms with van der Waals surface area (Å²) in [6.45, 7) is 3.67. The molecule has 140 valence electrons. The first-order valence-corrected chi connectivity index (χ1v) is 8.11. The molecule has 1 atom stereocenters. The zero-order chi connectivity index (χ0) is 19.8.